The number of hydrogen-bond donors (Lipinski definition) is 0. The zero-order valence-corrected chi connectivity index (χ0v) is 18.7. The Bertz CT molecular complexity index is 1040. The van der Waals surface area contributed by atoms with E-state index < -0.39 is 0 Å². The summed E-state index contributed by atoms with van der Waals surface area (Å²) in [5.74, 6) is 0.861. The lowest BCUT2D eigenvalue weighted by Crippen LogP contribution is -2.38. The molecule has 0 aromatic heterocycles. The van der Waals surface area contributed by atoms with E-state index in [0.717, 1.165) is 64.0 Å². The molecular formula is C29H32N2O. The molecule has 3 nitrogen and oxygen atoms in total. The first kappa shape index (κ1) is 21.0. The molecule has 3 heteroatoms. The van der Waals surface area contributed by atoms with Gasteiger partial charge in [-0.15, -0.1) is 0 Å². The van der Waals surface area contributed by atoms with Crippen LogP contribution >= 0.6 is 0 Å². The van der Waals surface area contributed by atoms with E-state index in [1.54, 1.807) is 0 Å². The summed E-state index contributed by atoms with van der Waals surface area (Å²) in [6, 6.07) is 27.8. The molecule has 1 amide bonds. The number of benzene rings is 3. The molecule has 1 saturated heterocycles. The lowest BCUT2D eigenvalue weighted by molar-refractivity contribution is 0.0690. The quantitative estimate of drug-likeness (QED) is 0.552. The Kier molecular flexibility index (Phi) is 6.36. The fourth-order valence-electron chi connectivity index (χ4n) is 5.17. The number of likely N-dealkylation sites (tertiary alicyclic amines) is 1. The SMILES string of the molecule is O=C(c1ccc(CN2CCc3ccccc3C2)cc1)N1CCC(Cc2ccccc2)CC1. The van der Waals surface area contributed by atoms with Crippen LogP contribution in [0.2, 0.25) is 0 Å². The Morgan fingerprint density at radius 1 is 0.750 bits per heavy atom. The number of hydrogen-bond acceptors (Lipinski definition) is 2. The molecule has 0 unspecified atom stereocenters. The molecular weight excluding hydrogens is 392 g/mol. The van der Waals surface area contributed by atoms with Gasteiger partial charge in [-0.25, -0.2) is 0 Å². The molecule has 0 radical (unpaired) electrons. The van der Waals surface area contributed by atoms with Crippen molar-refractivity contribution in [3.63, 3.8) is 0 Å². The van der Waals surface area contributed by atoms with Gasteiger partial charge in [-0.3, -0.25) is 9.69 Å². The number of rotatable bonds is 5. The van der Waals surface area contributed by atoms with Crippen LogP contribution in [-0.2, 0) is 25.9 Å². The molecule has 3 aromatic rings. The first-order valence-electron chi connectivity index (χ1n) is 12.0. The van der Waals surface area contributed by atoms with Crippen LogP contribution in [0.4, 0.5) is 0 Å². The number of amides is 1. The van der Waals surface area contributed by atoms with Gasteiger partial charge < -0.3 is 4.90 Å². The first-order valence-corrected chi connectivity index (χ1v) is 12.0. The fraction of sp³-hybridized carbons (Fsp3) is 0.345. The second-order valence-electron chi connectivity index (χ2n) is 9.35. The zero-order valence-electron chi connectivity index (χ0n) is 18.7. The van der Waals surface area contributed by atoms with Crippen molar-refractivity contribution in [1.82, 2.24) is 9.80 Å². The molecule has 0 spiro atoms. The van der Waals surface area contributed by atoms with Gasteiger partial charge in [0.15, 0.2) is 0 Å². The van der Waals surface area contributed by atoms with Crippen LogP contribution in [0.3, 0.4) is 0 Å². The number of nitrogens with zero attached hydrogens (tertiary/aromatic N) is 2. The standard InChI is InChI=1S/C29H32N2O/c32-29(31-18-14-24(15-19-31)20-23-6-2-1-3-7-23)27-12-10-25(11-13-27)21-30-17-16-26-8-4-5-9-28(26)22-30/h1-13,24H,14-22H2. The van der Waals surface area contributed by atoms with Crippen LogP contribution in [0.25, 0.3) is 0 Å². The van der Waals surface area contributed by atoms with Crippen LogP contribution < -0.4 is 0 Å². The van der Waals surface area contributed by atoms with E-state index in [9.17, 15) is 4.79 Å². The molecule has 5 rings (SSSR count). The van der Waals surface area contributed by atoms with Gasteiger partial charge in [-0.05, 0) is 66.0 Å². The lowest BCUT2D eigenvalue weighted by atomic mass is 9.90. The minimum Gasteiger partial charge on any atom is -0.339 e. The highest BCUT2D eigenvalue weighted by Crippen LogP contribution is 2.24. The highest BCUT2D eigenvalue weighted by molar-refractivity contribution is 5.94. The summed E-state index contributed by atoms with van der Waals surface area (Å²) in [6.07, 6.45) is 4.43. The molecule has 2 heterocycles. The van der Waals surface area contributed by atoms with E-state index in [2.05, 4.69) is 71.6 Å². The van der Waals surface area contributed by atoms with Crippen molar-refractivity contribution in [3.8, 4) is 0 Å². The van der Waals surface area contributed by atoms with Crippen LogP contribution in [-0.4, -0.2) is 35.3 Å². The summed E-state index contributed by atoms with van der Waals surface area (Å²) in [4.78, 5) is 17.6. The maximum absolute atomic E-state index is 13.0. The van der Waals surface area contributed by atoms with Gasteiger partial charge in [-0.1, -0.05) is 66.7 Å². The van der Waals surface area contributed by atoms with E-state index in [1.165, 1.54) is 22.3 Å². The maximum atomic E-state index is 13.0. The van der Waals surface area contributed by atoms with E-state index in [-0.39, 0.29) is 5.91 Å². The summed E-state index contributed by atoms with van der Waals surface area (Å²) >= 11 is 0. The molecule has 164 valence electrons. The average Bonchev–Trinajstić information content (AvgIpc) is 2.85. The van der Waals surface area contributed by atoms with Gasteiger partial charge in [0.2, 0.25) is 0 Å². The number of carbonyl (C=O) groups excluding carboxylic acids is 1. The normalized spacial score (nSPS) is 17.2. The van der Waals surface area contributed by atoms with Crippen LogP contribution in [0, 0.1) is 5.92 Å². The Labute approximate surface area is 191 Å². The highest BCUT2D eigenvalue weighted by atomic mass is 16.2. The van der Waals surface area contributed by atoms with E-state index in [4.69, 9.17) is 0 Å². The summed E-state index contributed by atoms with van der Waals surface area (Å²) in [7, 11) is 0. The Balaban J connectivity index is 1.13. The van der Waals surface area contributed by atoms with Crippen molar-refractivity contribution in [2.45, 2.75) is 38.8 Å². The second kappa shape index (κ2) is 9.70. The molecule has 0 N–H and O–H groups in total. The van der Waals surface area contributed by atoms with Crippen LogP contribution in [0.5, 0.6) is 0 Å². The van der Waals surface area contributed by atoms with Crippen molar-refractivity contribution in [1.29, 1.82) is 0 Å². The molecule has 0 atom stereocenters. The number of piperidine rings is 1. The smallest absolute Gasteiger partial charge is 0.253 e. The van der Waals surface area contributed by atoms with Crippen molar-refractivity contribution in [2.75, 3.05) is 19.6 Å². The second-order valence-corrected chi connectivity index (χ2v) is 9.35. The van der Waals surface area contributed by atoms with Crippen LogP contribution in [0.15, 0.2) is 78.9 Å². The molecule has 2 aliphatic rings. The Morgan fingerprint density at radius 2 is 1.44 bits per heavy atom. The summed E-state index contributed by atoms with van der Waals surface area (Å²) in [6.45, 7) is 4.77. The van der Waals surface area contributed by atoms with Crippen LogP contribution in [0.1, 0.15) is 45.5 Å². The van der Waals surface area contributed by atoms with Crippen molar-refractivity contribution in [3.05, 3.63) is 107 Å². The predicted octanol–water partition coefficient (Wildman–Crippen LogP) is 5.34. The largest absolute Gasteiger partial charge is 0.339 e. The summed E-state index contributed by atoms with van der Waals surface area (Å²) in [5.41, 5.74) is 6.44. The topological polar surface area (TPSA) is 23.6 Å². The predicted molar refractivity (Wildman–Crippen MR) is 129 cm³/mol. The summed E-state index contributed by atoms with van der Waals surface area (Å²) in [5, 5.41) is 0. The highest BCUT2D eigenvalue weighted by Gasteiger charge is 2.24. The maximum Gasteiger partial charge on any atom is 0.253 e. The van der Waals surface area contributed by atoms with E-state index in [1.807, 2.05) is 17.0 Å². The molecule has 0 aliphatic carbocycles. The third kappa shape index (κ3) is 4.94. The van der Waals surface area contributed by atoms with Gasteiger partial charge in [0.1, 0.15) is 0 Å². The van der Waals surface area contributed by atoms with Gasteiger partial charge in [-0.2, -0.15) is 0 Å². The van der Waals surface area contributed by atoms with E-state index >= 15 is 0 Å². The molecule has 32 heavy (non-hydrogen) atoms. The molecule has 0 bridgehead atoms. The molecule has 3 aromatic carbocycles. The number of fused-ring (bicyclic) bond motifs is 1. The fourth-order valence-corrected chi connectivity index (χ4v) is 5.17. The van der Waals surface area contributed by atoms with E-state index in [0.29, 0.717) is 5.92 Å². The number of carbonyl (C=O) groups is 1. The average molecular weight is 425 g/mol. The zero-order chi connectivity index (χ0) is 21.8. The van der Waals surface area contributed by atoms with Crippen molar-refractivity contribution >= 4 is 5.91 Å². The minimum atomic E-state index is 0.182. The van der Waals surface area contributed by atoms with Crippen molar-refractivity contribution in [2.24, 2.45) is 5.92 Å². The third-order valence-electron chi connectivity index (χ3n) is 7.09. The van der Waals surface area contributed by atoms with Gasteiger partial charge in [0, 0.05) is 38.3 Å². The van der Waals surface area contributed by atoms with Gasteiger partial charge >= 0.3 is 0 Å². The first-order chi connectivity index (χ1) is 15.7. The third-order valence-corrected chi connectivity index (χ3v) is 7.09. The lowest BCUT2D eigenvalue weighted by Gasteiger charge is -2.32. The monoisotopic (exact) mass is 424 g/mol. The van der Waals surface area contributed by atoms with Gasteiger partial charge in [0.25, 0.3) is 5.91 Å². The Morgan fingerprint density at radius 3 is 2.19 bits per heavy atom. The van der Waals surface area contributed by atoms with Gasteiger partial charge in [0.05, 0.1) is 0 Å². The van der Waals surface area contributed by atoms with Crippen molar-refractivity contribution < 1.29 is 4.79 Å². The molecule has 1 fully saturated rings. The summed E-state index contributed by atoms with van der Waals surface area (Å²) < 4.78 is 0. The minimum absolute atomic E-state index is 0.182. The molecule has 2 aliphatic heterocycles. The Hall–Kier alpha value is -2.91. The molecule has 0 saturated carbocycles.